The predicted octanol–water partition coefficient (Wildman–Crippen LogP) is 0.157. The van der Waals surface area contributed by atoms with Crippen LogP contribution in [-0.4, -0.2) is 34.0 Å². The Morgan fingerprint density at radius 2 is 2.33 bits per heavy atom. The Hall–Kier alpha value is -2.72. The summed E-state index contributed by atoms with van der Waals surface area (Å²) >= 11 is 0. The summed E-state index contributed by atoms with van der Waals surface area (Å²) in [6.45, 7) is 1.02. The van der Waals surface area contributed by atoms with Gasteiger partial charge in [-0.2, -0.15) is 0 Å². The maximum atomic E-state index is 13.7. The summed E-state index contributed by atoms with van der Waals surface area (Å²) in [5.74, 6) is 4.27. The minimum Gasteiger partial charge on any atom is -0.350 e. The van der Waals surface area contributed by atoms with Gasteiger partial charge in [0.05, 0.1) is 24.8 Å². The fourth-order valence-corrected chi connectivity index (χ4v) is 1.64. The van der Waals surface area contributed by atoms with E-state index in [-0.39, 0.29) is 23.6 Å². The Balaban J connectivity index is 1.94. The van der Waals surface area contributed by atoms with E-state index in [1.54, 1.807) is 17.1 Å². The highest BCUT2D eigenvalue weighted by Crippen LogP contribution is 2.09. The molecule has 6 nitrogen and oxygen atoms in total. The van der Waals surface area contributed by atoms with E-state index in [1.807, 2.05) is 0 Å². The third-order valence-corrected chi connectivity index (χ3v) is 2.65. The average Bonchev–Trinajstić information content (AvgIpc) is 2.99. The summed E-state index contributed by atoms with van der Waals surface area (Å²) in [4.78, 5) is 11.9. The van der Waals surface area contributed by atoms with Crippen LogP contribution in [0.2, 0.25) is 0 Å². The summed E-state index contributed by atoms with van der Waals surface area (Å²) in [6, 6.07) is 4.14. The molecule has 0 spiro atoms. The molecule has 0 atom stereocenters. The molecule has 1 aromatic heterocycles. The minimum absolute atomic E-state index is 0.157. The molecule has 0 aliphatic heterocycles. The first-order valence-electron chi connectivity index (χ1n) is 6.31. The number of nitrogens with one attached hydrogen (secondary N) is 1. The molecule has 3 N–H and O–H groups in total. The van der Waals surface area contributed by atoms with E-state index in [0.29, 0.717) is 13.1 Å². The molecule has 108 valence electrons. The maximum absolute atomic E-state index is 13.7. The van der Waals surface area contributed by atoms with Crippen LogP contribution in [0.5, 0.6) is 0 Å². The minimum atomic E-state index is -0.542. The Morgan fingerprint density at radius 1 is 1.48 bits per heavy atom. The number of nitrogens with two attached hydrogens (primary N) is 1. The zero-order chi connectivity index (χ0) is 15.1. The SMILES string of the molecule is NCC#Cc1ccc(C(=O)NCCn2ccnn2)cc1F. The van der Waals surface area contributed by atoms with Crippen LogP contribution in [0.3, 0.4) is 0 Å². The lowest BCUT2D eigenvalue weighted by atomic mass is 10.1. The third-order valence-electron chi connectivity index (χ3n) is 2.65. The van der Waals surface area contributed by atoms with Gasteiger partial charge in [0.15, 0.2) is 0 Å². The monoisotopic (exact) mass is 287 g/mol. The zero-order valence-electron chi connectivity index (χ0n) is 11.2. The molecule has 1 heterocycles. The molecular weight excluding hydrogens is 273 g/mol. The van der Waals surface area contributed by atoms with E-state index in [1.165, 1.54) is 12.1 Å². The largest absolute Gasteiger partial charge is 0.350 e. The highest BCUT2D eigenvalue weighted by molar-refractivity contribution is 5.94. The molecule has 2 rings (SSSR count). The molecule has 0 fully saturated rings. The van der Waals surface area contributed by atoms with Gasteiger partial charge in [-0.05, 0) is 18.2 Å². The van der Waals surface area contributed by atoms with Crippen molar-refractivity contribution >= 4 is 5.91 Å². The first-order chi connectivity index (χ1) is 10.2. The van der Waals surface area contributed by atoms with Crippen molar-refractivity contribution in [3.05, 3.63) is 47.5 Å². The lowest BCUT2D eigenvalue weighted by Gasteiger charge is -2.05. The zero-order valence-corrected chi connectivity index (χ0v) is 11.2. The quantitative estimate of drug-likeness (QED) is 0.784. The van der Waals surface area contributed by atoms with Crippen LogP contribution < -0.4 is 11.1 Å². The Morgan fingerprint density at radius 3 is 3.00 bits per heavy atom. The summed E-state index contributed by atoms with van der Waals surface area (Å²) < 4.78 is 15.3. The van der Waals surface area contributed by atoms with Crippen molar-refractivity contribution < 1.29 is 9.18 Å². The van der Waals surface area contributed by atoms with Gasteiger partial charge in [0.25, 0.3) is 5.91 Å². The van der Waals surface area contributed by atoms with Crippen molar-refractivity contribution in [1.29, 1.82) is 0 Å². The van der Waals surface area contributed by atoms with Gasteiger partial charge in [0.2, 0.25) is 0 Å². The van der Waals surface area contributed by atoms with Gasteiger partial charge in [-0.1, -0.05) is 17.1 Å². The van der Waals surface area contributed by atoms with Gasteiger partial charge in [-0.3, -0.25) is 9.48 Å². The molecule has 0 bridgehead atoms. The van der Waals surface area contributed by atoms with Crippen LogP contribution in [0.25, 0.3) is 0 Å². The molecule has 0 saturated heterocycles. The number of amides is 1. The molecule has 7 heteroatoms. The maximum Gasteiger partial charge on any atom is 0.251 e. The molecule has 0 unspecified atom stereocenters. The second-order valence-corrected chi connectivity index (χ2v) is 4.12. The van der Waals surface area contributed by atoms with Crippen LogP contribution in [0.1, 0.15) is 15.9 Å². The number of halogens is 1. The van der Waals surface area contributed by atoms with E-state index in [2.05, 4.69) is 27.5 Å². The van der Waals surface area contributed by atoms with Gasteiger partial charge in [-0.25, -0.2) is 4.39 Å². The van der Waals surface area contributed by atoms with E-state index in [0.717, 1.165) is 6.07 Å². The molecular formula is C14H14FN5O. The molecule has 1 aromatic carbocycles. The summed E-state index contributed by atoms with van der Waals surface area (Å²) in [5, 5.41) is 10.1. The molecule has 0 radical (unpaired) electrons. The fourth-order valence-electron chi connectivity index (χ4n) is 1.64. The third kappa shape index (κ3) is 4.12. The van der Waals surface area contributed by atoms with E-state index >= 15 is 0 Å². The molecule has 2 aromatic rings. The fraction of sp³-hybridized carbons (Fsp3) is 0.214. The van der Waals surface area contributed by atoms with Crippen LogP contribution >= 0.6 is 0 Å². The van der Waals surface area contributed by atoms with Gasteiger partial charge >= 0.3 is 0 Å². The van der Waals surface area contributed by atoms with Gasteiger partial charge in [-0.15, -0.1) is 5.10 Å². The number of rotatable bonds is 4. The predicted molar refractivity (Wildman–Crippen MR) is 74.7 cm³/mol. The smallest absolute Gasteiger partial charge is 0.251 e. The molecule has 0 aliphatic carbocycles. The standard InChI is InChI=1S/C14H14FN5O/c15-13-10-12(4-3-11(13)2-1-5-16)14(21)17-6-8-20-9-7-18-19-20/h3-4,7,9-10H,5-6,8,16H2,(H,17,21). The van der Waals surface area contributed by atoms with Crippen molar-refractivity contribution in [3.8, 4) is 11.8 Å². The van der Waals surface area contributed by atoms with Crippen molar-refractivity contribution in [2.24, 2.45) is 5.73 Å². The lowest BCUT2D eigenvalue weighted by molar-refractivity contribution is 0.0951. The number of hydrogen-bond acceptors (Lipinski definition) is 4. The average molecular weight is 287 g/mol. The summed E-state index contributed by atoms with van der Waals surface area (Å²) in [6.07, 6.45) is 3.25. The van der Waals surface area contributed by atoms with Gasteiger partial charge in [0.1, 0.15) is 5.82 Å². The number of carbonyl (C=O) groups is 1. The van der Waals surface area contributed by atoms with E-state index in [4.69, 9.17) is 5.73 Å². The van der Waals surface area contributed by atoms with Crippen molar-refractivity contribution in [3.63, 3.8) is 0 Å². The van der Waals surface area contributed by atoms with E-state index in [9.17, 15) is 9.18 Å². The topological polar surface area (TPSA) is 85.8 Å². The second-order valence-electron chi connectivity index (χ2n) is 4.12. The van der Waals surface area contributed by atoms with Crippen molar-refractivity contribution in [1.82, 2.24) is 20.3 Å². The highest BCUT2D eigenvalue weighted by atomic mass is 19.1. The van der Waals surface area contributed by atoms with Gasteiger partial charge < -0.3 is 11.1 Å². The second kappa shape index (κ2) is 7.17. The first-order valence-corrected chi connectivity index (χ1v) is 6.31. The molecule has 21 heavy (non-hydrogen) atoms. The highest BCUT2D eigenvalue weighted by Gasteiger charge is 2.08. The molecule has 1 amide bonds. The van der Waals surface area contributed by atoms with Crippen molar-refractivity contribution in [2.45, 2.75) is 6.54 Å². The number of aromatic nitrogens is 3. The Labute approximate surface area is 121 Å². The van der Waals surface area contributed by atoms with E-state index < -0.39 is 5.82 Å². The van der Waals surface area contributed by atoms with Crippen molar-refractivity contribution in [2.75, 3.05) is 13.1 Å². The van der Waals surface area contributed by atoms with Crippen LogP contribution in [-0.2, 0) is 6.54 Å². The van der Waals surface area contributed by atoms with Crippen LogP contribution in [0.4, 0.5) is 4.39 Å². The summed E-state index contributed by atoms with van der Waals surface area (Å²) in [5.41, 5.74) is 5.69. The number of nitrogens with zero attached hydrogens (tertiary/aromatic N) is 3. The first kappa shape index (κ1) is 14.7. The number of hydrogen-bond donors (Lipinski definition) is 2. The molecule has 0 saturated carbocycles. The lowest BCUT2D eigenvalue weighted by Crippen LogP contribution is -2.27. The van der Waals surface area contributed by atoms with Gasteiger partial charge in [0, 0.05) is 18.3 Å². The summed E-state index contributed by atoms with van der Waals surface area (Å²) in [7, 11) is 0. The normalized spacial score (nSPS) is 9.81. The Kier molecular flexibility index (Phi) is 5.01. The Bertz CT molecular complexity index is 672. The number of benzene rings is 1. The van der Waals surface area contributed by atoms with Crippen LogP contribution in [0, 0.1) is 17.7 Å². The molecule has 0 aliphatic rings. The number of carbonyl (C=O) groups excluding carboxylic acids is 1. The van der Waals surface area contributed by atoms with Crippen LogP contribution in [0.15, 0.2) is 30.6 Å².